The molecular weight excluding hydrogens is 330 g/mol. The number of aryl methyl sites for hydroxylation is 1. The summed E-state index contributed by atoms with van der Waals surface area (Å²) in [4.78, 5) is 9.56. The Morgan fingerprint density at radius 3 is 2.23 bits per heavy atom. The van der Waals surface area contributed by atoms with E-state index in [0.717, 1.165) is 42.0 Å². The van der Waals surface area contributed by atoms with Gasteiger partial charge >= 0.3 is 0 Å². The molecule has 0 fully saturated rings. The number of ether oxygens (including phenoxy) is 3. The molecule has 26 heavy (non-hydrogen) atoms. The normalized spacial score (nSPS) is 10.7. The molecule has 1 aromatic heterocycles. The molecule has 0 spiro atoms. The Morgan fingerprint density at radius 1 is 0.962 bits per heavy atom. The first-order valence-electron chi connectivity index (χ1n) is 9.05. The molecule has 0 radical (unpaired) electrons. The summed E-state index contributed by atoms with van der Waals surface area (Å²) < 4.78 is 16.3. The topological polar surface area (TPSA) is 65.5 Å². The van der Waals surface area contributed by atoms with Crippen LogP contribution in [0.5, 0.6) is 17.4 Å². The van der Waals surface area contributed by atoms with Crippen LogP contribution in [0.4, 0.5) is 5.82 Å². The number of benzene rings is 1. The lowest BCUT2D eigenvalue weighted by atomic mass is 10.1. The summed E-state index contributed by atoms with van der Waals surface area (Å²) in [6, 6.07) is 6.01. The smallest absolute Gasteiger partial charge is 0.257 e. The molecule has 2 rings (SSSR count). The summed E-state index contributed by atoms with van der Waals surface area (Å²) in [6.45, 7) is 6.37. The zero-order valence-electron chi connectivity index (χ0n) is 16.5. The summed E-state index contributed by atoms with van der Waals surface area (Å²) in [5, 5.41) is 3.45. The summed E-state index contributed by atoms with van der Waals surface area (Å²) in [7, 11) is 4.88. The van der Waals surface area contributed by atoms with E-state index in [1.807, 2.05) is 18.2 Å². The summed E-state index contributed by atoms with van der Waals surface area (Å²) in [5.74, 6) is 2.60. The second-order valence-corrected chi connectivity index (χ2v) is 5.95. The number of hydrogen-bond acceptors (Lipinski definition) is 6. The van der Waals surface area contributed by atoms with Crippen LogP contribution in [0.3, 0.4) is 0 Å². The van der Waals surface area contributed by atoms with Gasteiger partial charge in [0.25, 0.3) is 5.88 Å². The Labute approximate surface area is 155 Å². The van der Waals surface area contributed by atoms with E-state index < -0.39 is 0 Å². The number of methoxy groups -OCH3 is 3. The van der Waals surface area contributed by atoms with Crippen LogP contribution in [0.25, 0.3) is 11.3 Å². The van der Waals surface area contributed by atoms with Crippen LogP contribution in [0.15, 0.2) is 18.2 Å². The van der Waals surface area contributed by atoms with Crippen molar-refractivity contribution in [3.8, 4) is 28.6 Å². The van der Waals surface area contributed by atoms with Crippen molar-refractivity contribution < 1.29 is 14.2 Å². The molecule has 1 N–H and O–H groups in total. The zero-order valence-corrected chi connectivity index (χ0v) is 16.5. The number of nitrogens with zero attached hydrogens (tertiary/aromatic N) is 2. The molecule has 2 aromatic rings. The molecular formula is C20H29N3O3. The highest BCUT2D eigenvalue weighted by molar-refractivity contribution is 5.72. The van der Waals surface area contributed by atoms with Gasteiger partial charge in [0.1, 0.15) is 11.5 Å². The molecule has 0 saturated carbocycles. The van der Waals surface area contributed by atoms with Gasteiger partial charge in [0, 0.05) is 17.7 Å². The van der Waals surface area contributed by atoms with E-state index in [4.69, 9.17) is 24.2 Å². The van der Waals surface area contributed by atoms with E-state index in [2.05, 4.69) is 26.1 Å². The van der Waals surface area contributed by atoms with Crippen molar-refractivity contribution in [2.45, 2.75) is 46.1 Å². The fourth-order valence-electron chi connectivity index (χ4n) is 2.83. The maximum absolute atomic E-state index is 5.54. The van der Waals surface area contributed by atoms with Gasteiger partial charge in [-0.2, -0.15) is 0 Å². The van der Waals surface area contributed by atoms with E-state index in [1.54, 1.807) is 21.3 Å². The largest absolute Gasteiger partial charge is 0.497 e. The molecule has 6 nitrogen and oxygen atoms in total. The van der Waals surface area contributed by atoms with Gasteiger partial charge in [-0.15, -0.1) is 0 Å². The lowest BCUT2D eigenvalue weighted by Crippen LogP contribution is -2.19. The number of anilines is 1. The third-order valence-corrected chi connectivity index (χ3v) is 4.45. The fraction of sp³-hybridized carbons (Fsp3) is 0.500. The van der Waals surface area contributed by atoms with Crippen molar-refractivity contribution >= 4 is 5.82 Å². The van der Waals surface area contributed by atoms with Gasteiger partial charge in [0.15, 0.2) is 5.82 Å². The summed E-state index contributed by atoms with van der Waals surface area (Å²) in [6.07, 6.45) is 2.77. The maximum atomic E-state index is 5.54. The van der Waals surface area contributed by atoms with E-state index in [9.17, 15) is 0 Å². The Morgan fingerprint density at radius 2 is 1.69 bits per heavy atom. The predicted octanol–water partition coefficient (Wildman–Crippen LogP) is 4.33. The first kappa shape index (κ1) is 19.8. The van der Waals surface area contributed by atoms with Crippen molar-refractivity contribution in [3.63, 3.8) is 0 Å². The molecule has 0 bridgehead atoms. The average Bonchev–Trinajstić information content (AvgIpc) is 2.70. The second kappa shape index (κ2) is 9.27. The van der Waals surface area contributed by atoms with Gasteiger partial charge in [0.2, 0.25) is 0 Å². The lowest BCUT2D eigenvalue weighted by molar-refractivity contribution is 0.393. The van der Waals surface area contributed by atoms with Gasteiger partial charge in [-0.05, 0) is 31.4 Å². The minimum Gasteiger partial charge on any atom is -0.497 e. The first-order valence-corrected chi connectivity index (χ1v) is 9.05. The van der Waals surface area contributed by atoms with Crippen LogP contribution in [0, 0.1) is 0 Å². The van der Waals surface area contributed by atoms with Crippen LogP contribution in [-0.4, -0.2) is 37.3 Å². The van der Waals surface area contributed by atoms with Crippen molar-refractivity contribution in [3.05, 3.63) is 23.9 Å². The lowest BCUT2D eigenvalue weighted by Gasteiger charge is -2.19. The molecule has 0 atom stereocenters. The van der Waals surface area contributed by atoms with Gasteiger partial charge in [0.05, 0.1) is 32.7 Å². The van der Waals surface area contributed by atoms with Crippen LogP contribution in [-0.2, 0) is 6.42 Å². The fourth-order valence-corrected chi connectivity index (χ4v) is 2.83. The molecule has 0 saturated heterocycles. The average molecular weight is 359 g/mol. The van der Waals surface area contributed by atoms with E-state index in [1.165, 1.54) is 0 Å². The highest BCUT2D eigenvalue weighted by Crippen LogP contribution is 2.36. The molecule has 0 aliphatic carbocycles. The Kier molecular flexibility index (Phi) is 7.06. The van der Waals surface area contributed by atoms with E-state index in [-0.39, 0.29) is 0 Å². The Balaban J connectivity index is 2.56. The minimum absolute atomic E-state index is 0.337. The predicted molar refractivity (Wildman–Crippen MR) is 104 cm³/mol. The first-order chi connectivity index (χ1) is 12.6. The van der Waals surface area contributed by atoms with Crippen molar-refractivity contribution in [1.82, 2.24) is 9.97 Å². The summed E-state index contributed by atoms with van der Waals surface area (Å²) >= 11 is 0. The maximum Gasteiger partial charge on any atom is 0.257 e. The van der Waals surface area contributed by atoms with Crippen LogP contribution < -0.4 is 19.5 Å². The van der Waals surface area contributed by atoms with Gasteiger partial charge < -0.3 is 19.5 Å². The van der Waals surface area contributed by atoms with E-state index >= 15 is 0 Å². The number of aromatic nitrogens is 2. The number of rotatable bonds is 9. The summed E-state index contributed by atoms with van der Waals surface area (Å²) in [5.41, 5.74) is 2.52. The molecule has 6 heteroatoms. The Hall–Kier alpha value is -2.50. The number of hydrogen-bond donors (Lipinski definition) is 1. The SMILES string of the molecule is CCc1nc(NC(CC)CC)c(OC)nc1-c1ccc(OC)cc1OC. The molecule has 1 heterocycles. The third kappa shape index (κ3) is 4.18. The second-order valence-electron chi connectivity index (χ2n) is 5.95. The molecule has 0 amide bonds. The molecule has 0 aliphatic rings. The monoisotopic (exact) mass is 359 g/mol. The van der Waals surface area contributed by atoms with Gasteiger partial charge in [-0.1, -0.05) is 20.8 Å². The van der Waals surface area contributed by atoms with Crippen molar-refractivity contribution in [1.29, 1.82) is 0 Å². The highest BCUT2D eigenvalue weighted by Gasteiger charge is 2.19. The standard InChI is InChI=1S/C20H29N3O3/c1-7-13(8-2)21-19-20(26-6)23-18(16(9-3)22-19)15-11-10-14(24-4)12-17(15)25-5/h10-13H,7-9H2,1-6H3,(H,21,22). The van der Waals surface area contributed by atoms with E-state index in [0.29, 0.717) is 23.5 Å². The van der Waals surface area contributed by atoms with Crippen LogP contribution in [0.2, 0.25) is 0 Å². The highest BCUT2D eigenvalue weighted by atomic mass is 16.5. The Bertz CT molecular complexity index is 730. The molecule has 0 unspecified atom stereocenters. The zero-order chi connectivity index (χ0) is 19.1. The van der Waals surface area contributed by atoms with Crippen LogP contribution in [0.1, 0.15) is 39.3 Å². The molecule has 0 aliphatic heterocycles. The van der Waals surface area contributed by atoms with Crippen molar-refractivity contribution in [2.75, 3.05) is 26.6 Å². The molecule has 142 valence electrons. The van der Waals surface area contributed by atoms with Gasteiger partial charge in [-0.25, -0.2) is 9.97 Å². The number of nitrogens with one attached hydrogen (secondary N) is 1. The molecule has 1 aromatic carbocycles. The van der Waals surface area contributed by atoms with Crippen LogP contribution >= 0.6 is 0 Å². The van der Waals surface area contributed by atoms with Crippen molar-refractivity contribution in [2.24, 2.45) is 0 Å². The third-order valence-electron chi connectivity index (χ3n) is 4.45. The van der Waals surface area contributed by atoms with Gasteiger partial charge in [-0.3, -0.25) is 0 Å². The quantitative estimate of drug-likeness (QED) is 0.719. The minimum atomic E-state index is 0.337.